The van der Waals surface area contributed by atoms with E-state index in [0.717, 1.165) is 72.9 Å². The maximum absolute atomic E-state index is 14.4. The Hall–Kier alpha value is -3.21. The maximum atomic E-state index is 14.4. The summed E-state index contributed by atoms with van der Waals surface area (Å²) < 4.78 is 20.9. The van der Waals surface area contributed by atoms with E-state index in [1.165, 1.54) is 24.1 Å². The van der Waals surface area contributed by atoms with E-state index in [-0.39, 0.29) is 5.54 Å². The van der Waals surface area contributed by atoms with Gasteiger partial charge >= 0.3 is 6.01 Å². The molecule has 6 heterocycles. The molecule has 1 unspecified atom stereocenters. The summed E-state index contributed by atoms with van der Waals surface area (Å²) >= 11 is 0. The van der Waals surface area contributed by atoms with Gasteiger partial charge in [-0.1, -0.05) is 30.2 Å². The molecule has 3 aromatic rings. The Kier molecular flexibility index (Phi) is 6.19. The maximum Gasteiger partial charge on any atom is 0.316 e. The minimum absolute atomic E-state index is 0.215. The summed E-state index contributed by atoms with van der Waals surface area (Å²) in [6.07, 6.45) is 13.5. The average molecular weight is 552 g/mol. The Labute approximate surface area is 241 Å². The van der Waals surface area contributed by atoms with E-state index in [0.29, 0.717) is 50.1 Å². The quantitative estimate of drug-likeness (QED) is 0.444. The smallest absolute Gasteiger partial charge is 0.316 e. The Bertz CT molecular complexity index is 1520. The summed E-state index contributed by atoms with van der Waals surface area (Å²) in [6, 6.07) is 14.2. The molecule has 41 heavy (non-hydrogen) atoms. The van der Waals surface area contributed by atoms with E-state index >= 15 is 0 Å². The highest BCUT2D eigenvalue weighted by molar-refractivity contribution is 5.98. The van der Waals surface area contributed by atoms with Crippen LogP contribution in [0.25, 0.3) is 10.8 Å². The number of hydrogen-bond acceptors (Lipinski definition) is 6. The number of aromatic nitrogens is 2. The van der Waals surface area contributed by atoms with Crippen LogP contribution in [0.2, 0.25) is 0 Å². The molecule has 0 radical (unpaired) electrons. The van der Waals surface area contributed by atoms with Crippen LogP contribution < -0.4 is 15.0 Å². The number of anilines is 1. The average Bonchev–Trinajstić information content (AvgIpc) is 3.64. The van der Waals surface area contributed by atoms with Crippen LogP contribution in [0.5, 0.6) is 6.01 Å². The molecule has 4 saturated heterocycles. The Morgan fingerprint density at radius 1 is 1.10 bits per heavy atom. The van der Waals surface area contributed by atoms with E-state index < -0.39 is 6.17 Å². The van der Waals surface area contributed by atoms with Crippen molar-refractivity contribution >= 4 is 16.5 Å². The predicted molar refractivity (Wildman–Crippen MR) is 159 cm³/mol. The first kappa shape index (κ1) is 25.5. The topological polar surface area (TPSA) is 53.5 Å². The molecule has 1 N–H and O–H groups in total. The first-order chi connectivity index (χ1) is 20.1. The predicted octanol–water partition coefficient (Wildman–Crippen LogP) is 5.13. The zero-order chi connectivity index (χ0) is 27.6. The highest BCUT2D eigenvalue weighted by Crippen LogP contribution is 2.42. The highest BCUT2D eigenvalue weighted by Gasteiger charge is 2.49. The fourth-order valence-corrected chi connectivity index (χ4v) is 8.68. The number of nitrogens with one attached hydrogen (secondary N) is 1. The minimum atomic E-state index is -0.772. The number of terminal acetylenes is 1. The first-order valence-corrected chi connectivity index (χ1v) is 15.5. The molecule has 0 amide bonds. The van der Waals surface area contributed by atoms with Crippen molar-refractivity contribution in [2.75, 3.05) is 31.1 Å². The second-order valence-electron chi connectivity index (χ2n) is 13.0. The number of rotatable bonds is 5. The fraction of sp³-hybridized carbons (Fsp3) is 0.529. The third-order valence-corrected chi connectivity index (χ3v) is 10.5. The number of piperidine rings is 1. The van der Waals surface area contributed by atoms with E-state index in [9.17, 15) is 4.39 Å². The Morgan fingerprint density at radius 3 is 2.76 bits per heavy atom. The molecule has 0 saturated carbocycles. The third kappa shape index (κ3) is 4.38. The molecule has 0 spiro atoms. The molecule has 6 nitrogen and oxygen atoms in total. The molecular formula is C34H38FN5O. The molecule has 5 atom stereocenters. The Balaban J connectivity index is 1.15. The summed E-state index contributed by atoms with van der Waals surface area (Å²) in [5.41, 5.74) is 5.43. The van der Waals surface area contributed by atoms with Crippen LogP contribution in [0, 0.1) is 12.3 Å². The molecule has 5 aliphatic heterocycles. The zero-order valence-corrected chi connectivity index (χ0v) is 23.6. The molecule has 212 valence electrons. The van der Waals surface area contributed by atoms with E-state index in [1.807, 2.05) is 12.1 Å². The number of halogens is 1. The van der Waals surface area contributed by atoms with Crippen molar-refractivity contribution < 1.29 is 9.13 Å². The van der Waals surface area contributed by atoms with Crippen molar-refractivity contribution in [1.29, 1.82) is 0 Å². The van der Waals surface area contributed by atoms with Gasteiger partial charge in [-0.05, 0) is 74.6 Å². The second kappa shape index (κ2) is 9.96. The van der Waals surface area contributed by atoms with E-state index in [2.05, 4.69) is 45.3 Å². The van der Waals surface area contributed by atoms with Gasteiger partial charge in [0.05, 0.1) is 23.5 Å². The van der Waals surface area contributed by atoms with Crippen molar-refractivity contribution in [3.05, 3.63) is 58.9 Å². The zero-order valence-electron chi connectivity index (χ0n) is 23.6. The first-order valence-electron chi connectivity index (χ1n) is 15.5. The third-order valence-electron chi connectivity index (χ3n) is 10.5. The van der Waals surface area contributed by atoms with Gasteiger partial charge < -0.3 is 15.0 Å². The summed E-state index contributed by atoms with van der Waals surface area (Å²) in [6.45, 7) is 3.53. The van der Waals surface area contributed by atoms with Crippen molar-refractivity contribution in [1.82, 2.24) is 20.2 Å². The van der Waals surface area contributed by atoms with Crippen molar-refractivity contribution in [2.45, 2.75) is 87.6 Å². The van der Waals surface area contributed by atoms with Crippen molar-refractivity contribution in [3.63, 3.8) is 0 Å². The van der Waals surface area contributed by atoms with Gasteiger partial charge in [0.15, 0.2) is 0 Å². The number of benzene rings is 2. The molecule has 5 aliphatic rings. The minimum Gasteiger partial charge on any atom is -0.461 e. The van der Waals surface area contributed by atoms with Crippen LogP contribution in [0.1, 0.15) is 73.4 Å². The van der Waals surface area contributed by atoms with Crippen LogP contribution in [0.4, 0.5) is 10.1 Å². The highest BCUT2D eigenvalue weighted by atomic mass is 19.1. The largest absolute Gasteiger partial charge is 0.461 e. The van der Waals surface area contributed by atoms with Crippen LogP contribution in [-0.4, -0.2) is 64.9 Å². The van der Waals surface area contributed by atoms with Crippen LogP contribution in [0.3, 0.4) is 0 Å². The van der Waals surface area contributed by atoms with Crippen LogP contribution in [0.15, 0.2) is 36.4 Å². The number of ether oxygens (including phenoxy) is 1. The lowest BCUT2D eigenvalue weighted by Crippen LogP contribution is -2.43. The van der Waals surface area contributed by atoms with Crippen LogP contribution >= 0.6 is 0 Å². The lowest BCUT2D eigenvalue weighted by molar-refractivity contribution is 0.106. The fourth-order valence-electron chi connectivity index (χ4n) is 8.68. The van der Waals surface area contributed by atoms with Gasteiger partial charge in [0, 0.05) is 54.1 Å². The molecular weight excluding hydrogens is 513 g/mol. The van der Waals surface area contributed by atoms with Gasteiger partial charge in [-0.2, -0.15) is 9.97 Å². The standard InChI is InChI=1S/C34H38FN5O/c1-2-22-6-3-7-23-8-4-9-30(31(22)23)39-15-12-28-29(20-39)37-33(38-32(28)24-16-26-10-11-27(17-24)36-26)41-21-34-13-5-14-40(34)19-25(35)18-34/h1,3-4,6-9,24-27,36H,5,10-21H2/t24?,25-,26-,27+,34+/m1/s1. The molecule has 2 bridgehead atoms. The molecule has 2 aromatic carbocycles. The number of hydrogen-bond donors (Lipinski definition) is 1. The number of alkyl halides is 1. The van der Waals surface area contributed by atoms with Gasteiger partial charge in [-0.25, -0.2) is 4.39 Å². The molecule has 1 aromatic heterocycles. The summed E-state index contributed by atoms with van der Waals surface area (Å²) in [7, 11) is 0. The van der Waals surface area contributed by atoms with Gasteiger partial charge in [0.1, 0.15) is 12.8 Å². The Morgan fingerprint density at radius 2 is 1.93 bits per heavy atom. The van der Waals surface area contributed by atoms with Crippen molar-refractivity contribution in [2.24, 2.45) is 0 Å². The van der Waals surface area contributed by atoms with E-state index in [4.69, 9.17) is 21.1 Å². The van der Waals surface area contributed by atoms with Gasteiger partial charge in [0.2, 0.25) is 0 Å². The molecule has 8 rings (SSSR count). The lowest BCUT2D eigenvalue weighted by Gasteiger charge is -2.35. The van der Waals surface area contributed by atoms with Gasteiger partial charge in [0.25, 0.3) is 0 Å². The monoisotopic (exact) mass is 551 g/mol. The summed E-state index contributed by atoms with van der Waals surface area (Å²) in [4.78, 5) is 14.9. The second-order valence-corrected chi connectivity index (χ2v) is 13.0. The molecule has 0 aliphatic carbocycles. The lowest BCUT2D eigenvalue weighted by atomic mass is 9.85. The van der Waals surface area contributed by atoms with Crippen LogP contribution in [-0.2, 0) is 13.0 Å². The van der Waals surface area contributed by atoms with Gasteiger partial charge in [-0.3, -0.25) is 4.90 Å². The summed E-state index contributed by atoms with van der Waals surface area (Å²) in [5, 5.41) is 6.08. The molecule has 7 heteroatoms. The van der Waals surface area contributed by atoms with Crippen molar-refractivity contribution in [3.8, 4) is 18.4 Å². The SMILES string of the molecule is C#Cc1cccc2cccc(N3CCc4c(nc(OC[C@@]56CCCN5C[C@H](F)C6)nc4C4C[C@H]5CC[C@@H](C4)N5)C3)c12. The molecule has 4 fully saturated rings. The number of fused-ring (bicyclic) bond motifs is 5. The van der Waals surface area contributed by atoms with Gasteiger partial charge in [-0.15, -0.1) is 6.42 Å². The summed E-state index contributed by atoms with van der Waals surface area (Å²) in [5.74, 6) is 3.32. The normalized spacial score (nSPS) is 30.8. The van der Waals surface area contributed by atoms with E-state index in [1.54, 1.807) is 0 Å². The number of nitrogens with zero attached hydrogens (tertiary/aromatic N) is 4.